The van der Waals surface area contributed by atoms with Crippen LogP contribution in [0.5, 0.6) is 0 Å². The zero-order valence-electron chi connectivity index (χ0n) is 11.5. The predicted molar refractivity (Wildman–Crippen MR) is 82.6 cm³/mol. The molecule has 1 saturated heterocycles. The molecule has 0 unspecified atom stereocenters. The van der Waals surface area contributed by atoms with Crippen LogP contribution < -0.4 is 4.90 Å². The topological polar surface area (TPSA) is 55.6 Å². The molecule has 1 aromatic rings. The molecule has 0 saturated carbocycles. The van der Waals surface area contributed by atoms with Gasteiger partial charge in [-0.2, -0.15) is 0 Å². The van der Waals surface area contributed by atoms with Crippen LogP contribution in [-0.2, 0) is 10.1 Å². The summed E-state index contributed by atoms with van der Waals surface area (Å²) in [5.41, 5.74) is 1.83. The minimum absolute atomic E-state index is 0.191. The zero-order valence-corrected chi connectivity index (χ0v) is 13.1. The largest absolute Gasteiger partial charge is 0.378 e. The van der Waals surface area contributed by atoms with Crippen molar-refractivity contribution in [2.45, 2.75) is 31.2 Å². The zero-order chi connectivity index (χ0) is 14.5. The molecule has 0 aliphatic carbocycles. The molecule has 1 heterocycles. The van der Waals surface area contributed by atoms with Crippen molar-refractivity contribution < 1.29 is 9.66 Å². The Morgan fingerprint density at radius 1 is 1.45 bits per heavy atom. The van der Waals surface area contributed by atoms with E-state index in [1.54, 1.807) is 6.07 Å². The first-order valence-corrected chi connectivity index (χ1v) is 7.97. The molecular weight excluding hydrogens is 324 g/mol. The van der Waals surface area contributed by atoms with Gasteiger partial charge in [0.15, 0.2) is 0 Å². The maximum absolute atomic E-state index is 11.2. The molecule has 1 aromatic carbocycles. The van der Waals surface area contributed by atoms with Gasteiger partial charge in [-0.25, -0.2) is 0 Å². The number of hydrogen-bond acceptors (Lipinski definition) is 4. The van der Waals surface area contributed by atoms with E-state index in [-0.39, 0.29) is 16.7 Å². The highest BCUT2D eigenvalue weighted by molar-refractivity contribution is 9.08. The van der Waals surface area contributed by atoms with Crippen molar-refractivity contribution in [1.82, 2.24) is 0 Å². The van der Waals surface area contributed by atoms with Crippen LogP contribution in [0.25, 0.3) is 0 Å². The molecule has 20 heavy (non-hydrogen) atoms. The molecule has 0 aromatic heterocycles. The standard InChI is InChI=1S/C14H19BrN2O3/c1-2-20-12-5-7-16(8-6-12)13-4-3-11(10-15)9-14(13)17(18)19/h3-4,9,12H,2,5-8,10H2,1H3. The SMILES string of the molecule is CCOC1CCN(c2ccc(CBr)cc2[N+](=O)[O-])CC1. The molecule has 1 aliphatic heterocycles. The molecule has 0 bridgehead atoms. The highest BCUT2D eigenvalue weighted by atomic mass is 79.9. The number of hydrogen-bond donors (Lipinski definition) is 0. The number of anilines is 1. The number of nitrogens with zero attached hydrogens (tertiary/aromatic N) is 2. The van der Waals surface area contributed by atoms with Gasteiger partial charge in [0, 0.05) is 31.1 Å². The average Bonchev–Trinajstić information content (AvgIpc) is 2.48. The van der Waals surface area contributed by atoms with E-state index in [1.165, 1.54) is 0 Å². The third-order valence-corrected chi connectivity index (χ3v) is 4.22. The number of alkyl halides is 1. The summed E-state index contributed by atoms with van der Waals surface area (Å²) in [7, 11) is 0. The summed E-state index contributed by atoms with van der Waals surface area (Å²) in [6, 6.07) is 5.44. The van der Waals surface area contributed by atoms with Crippen molar-refractivity contribution in [2.75, 3.05) is 24.6 Å². The van der Waals surface area contributed by atoms with E-state index < -0.39 is 0 Å². The van der Waals surface area contributed by atoms with E-state index in [0.29, 0.717) is 5.33 Å². The van der Waals surface area contributed by atoms with Gasteiger partial charge in [0.25, 0.3) is 5.69 Å². The van der Waals surface area contributed by atoms with Crippen molar-refractivity contribution in [2.24, 2.45) is 0 Å². The Morgan fingerprint density at radius 2 is 2.15 bits per heavy atom. The predicted octanol–water partition coefficient (Wildman–Crippen LogP) is 3.50. The Balaban J connectivity index is 2.15. The molecular formula is C14H19BrN2O3. The van der Waals surface area contributed by atoms with Crippen LogP contribution in [0.3, 0.4) is 0 Å². The first-order valence-electron chi connectivity index (χ1n) is 6.85. The Hall–Kier alpha value is -1.14. The van der Waals surface area contributed by atoms with Crippen LogP contribution in [0.2, 0.25) is 0 Å². The summed E-state index contributed by atoms with van der Waals surface area (Å²) in [6.07, 6.45) is 2.13. The molecule has 1 aliphatic rings. The Kier molecular flexibility index (Phi) is 5.37. The van der Waals surface area contributed by atoms with Gasteiger partial charge >= 0.3 is 0 Å². The smallest absolute Gasteiger partial charge is 0.292 e. The summed E-state index contributed by atoms with van der Waals surface area (Å²) >= 11 is 3.33. The molecule has 0 atom stereocenters. The van der Waals surface area contributed by atoms with Gasteiger partial charge in [-0.15, -0.1) is 0 Å². The number of piperidine rings is 1. The Bertz CT molecular complexity index is 473. The second-order valence-electron chi connectivity index (χ2n) is 4.86. The van der Waals surface area contributed by atoms with E-state index in [0.717, 1.165) is 43.8 Å². The third kappa shape index (κ3) is 3.49. The Labute approximate surface area is 127 Å². The monoisotopic (exact) mass is 342 g/mol. The van der Waals surface area contributed by atoms with Crippen LogP contribution in [0.1, 0.15) is 25.3 Å². The summed E-state index contributed by atoms with van der Waals surface area (Å²) in [5.74, 6) is 0. The number of nitro benzene ring substituents is 1. The van der Waals surface area contributed by atoms with Gasteiger partial charge < -0.3 is 9.64 Å². The summed E-state index contributed by atoms with van der Waals surface area (Å²) in [5, 5.41) is 11.9. The third-order valence-electron chi connectivity index (χ3n) is 3.58. The van der Waals surface area contributed by atoms with Crippen molar-refractivity contribution in [3.63, 3.8) is 0 Å². The van der Waals surface area contributed by atoms with Crippen molar-refractivity contribution in [1.29, 1.82) is 0 Å². The second-order valence-corrected chi connectivity index (χ2v) is 5.42. The highest BCUT2D eigenvalue weighted by Crippen LogP contribution is 2.32. The van der Waals surface area contributed by atoms with Gasteiger partial charge in [0.1, 0.15) is 5.69 Å². The molecule has 6 heteroatoms. The molecule has 0 N–H and O–H groups in total. The average molecular weight is 343 g/mol. The van der Waals surface area contributed by atoms with Gasteiger partial charge in [0.05, 0.1) is 11.0 Å². The van der Waals surface area contributed by atoms with E-state index in [2.05, 4.69) is 20.8 Å². The first-order chi connectivity index (χ1) is 9.65. The summed E-state index contributed by atoms with van der Waals surface area (Å²) in [4.78, 5) is 13.0. The van der Waals surface area contributed by atoms with E-state index in [1.807, 2.05) is 19.1 Å². The lowest BCUT2D eigenvalue weighted by atomic mass is 10.1. The van der Waals surface area contributed by atoms with Gasteiger partial charge in [-0.1, -0.05) is 22.0 Å². The summed E-state index contributed by atoms with van der Waals surface area (Å²) < 4.78 is 5.61. The first kappa shape index (κ1) is 15.3. The fourth-order valence-corrected chi connectivity index (χ4v) is 2.91. The minimum atomic E-state index is -0.296. The van der Waals surface area contributed by atoms with E-state index in [9.17, 15) is 10.1 Å². The lowest BCUT2D eigenvalue weighted by Gasteiger charge is -2.33. The quantitative estimate of drug-likeness (QED) is 0.467. The van der Waals surface area contributed by atoms with Gasteiger partial charge in [-0.3, -0.25) is 10.1 Å². The molecule has 2 rings (SSSR count). The molecule has 5 nitrogen and oxygen atoms in total. The number of halogens is 1. The van der Waals surface area contributed by atoms with Gasteiger partial charge in [-0.05, 0) is 31.4 Å². The lowest BCUT2D eigenvalue weighted by molar-refractivity contribution is -0.384. The fourth-order valence-electron chi connectivity index (χ4n) is 2.56. The summed E-state index contributed by atoms with van der Waals surface area (Å²) in [6.45, 7) is 4.33. The molecule has 0 spiro atoms. The maximum Gasteiger partial charge on any atom is 0.292 e. The second kappa shape index (κ2) is 7.04. The van der Waals surface area contributed by atoms with Crippen LogP contribution >= 0.6 is 15.9 Å². The molecule has 0 amide bonds. The maximum atomic E-state index is 11.2. The number of rotatable bonds is 5. The van der Waals surface area contributed by atoms with Crippen LogP contribution in [-0.4, -0.2) is 30.7 Å². The van der Waals surface area contributed by atoms with Gasteiger partial charge in [0.2, 0.25) is 0 Å². The van der Waals surface area contributed by atoms with Crippen LogP contribution in [0, 0.1) is 10.1 Å². The van der Waals surface area contributed by atoms with Crippen LogP contribution in [0.4, 0.5) is 11.4 Å². The van der Waals surface area contributed by atoms with E-state index in [4.69, 9.17) is 4.74 Å². The van der Waals surface area contributed by atoms with Crippen LogP contribution in [0.15, 0.2) is 18.2 Å². The van der Waals surface area contributed by atoms with Crippen molar-refractivity contribution in [3.05, 3.63) is 33.9 Å². The highest BCUT2D eigenvalue weighted by Gasteiger charge is 2.25. The lowest BCUT2D eigenvalue weighted by Crippen LogP contribution is -2.37. The number of benzene rings is 1. The number of nitro groups is 1. The minimum Gasteiger partial charge on any atom is -0.378 e. The Morgan fingerprint density at radius 3 is 2.70 bits per heavy atom. The molecule has 110 valence electrons. The number of ether oxygens (including phenoxy) is 1. The normalized spacial score (nSPS) is 16.4. The van der Waals surface area contributed by atoms with Crippen molar-refractivity contribution in [3.8, 4) is 0 Å². The fraction of sp³-hybridized carbons (Fsp3) is 0.571. The van der Waals surface area contributed by atoms with E-state index >= 15 is 0 Å². The van der Waals surface area contributed by atoms with Crippen molar-refractivity contribution >= 4 is 27.3 Å². The molecule has 0 radical (unpaired) electrons. The molecule has 1 fully saturated rings.